The zero-order valence-corrected chi connectivity index (χ0v) is 10.2. The molecule has 0 saturated carbocycles. The summed E-state index contributed by atoms with van der Waals surface area (Å²) in [6.45, 7) is 5.46. The lowest BCUT2D eigenvalue weighted by Gasteiger charge is -2.23. The van der Waals surface area contributed by atoms with E-state index in [1.165, 1.54) is 17.7 Å². The molecule has 1 aromatic rings. The number of nitrogens with zero attached hydrogens (tertiary/aromatic N) is 1. The van der Waals surface area contributed by atoms with E-state index in [4.69, 9.17) is 0 Å². The number of benzene rings is 1. The second-order valence-corrected chi connectivity index (χ2v) is 4.19. The Hall–Kier alpha value is -1.02. The fourth-order valence-corrected chi connectivity index (χ4v) is 1.64. The van der Waals surface area contributed by atoms with Crippen LogP contribution < -0.4 is 10.2 Å². The highest BCUT2D eigenvalue weighted by Crippen LogP contribution is 2.17. The Morgan fingerprint density at radius 2 is 2.00 bits per heavy atom. The average molecular weight is 206 g/mol. The summed E-state index contributed by atoms with van der Waals surface area (Å²) in [4.78, 5) is 2.32. The number of nitrogens with one attached hydrogen (secondary N) is 1. The summed E-state index contributed by atoms with van der Waals surface area (Å²) < 4.78 is 0. The maximum Gasteiger partial charge on any atom is 0.0393 e. The molecule has 0 spiro atoms. The molecule has 0 radical (unpaired) electrons. The summed E-state index contributed by atoms with van der Waals surface area (Å²) in [6.07, 6.45) is 1.17. The fourth-order valence-electron chi connectivity index (χ4n) is 1.64. The first kappa shape index (κ1) is 12.1. The summed E-state index contributed by atoms with van der Waals surface area (Å²) in [5, 5.41) is 3.26. The van der Waals surface area contributed by atoms with Gasteiger partial charge in [0.1, 0.15) is 0 Å². The highest BCUT2D eigenvalue weighted by Gasteiger charge is 2.05. The van der Waals surface area contributed by atoms with Crippen molar-refractivity contribution in [3.63, 3.8) is 0 Å². The van der Waals surface area contributed by atoms with Gasteiger partial charge >= 0.3 is 0 Å². The van der Waals surface area contributed by atoms with Crippen molar-refractivity contribution in [1.82, 2.24) is 5.32 Å². The van der Waals surface area contributed by atoms with Crippen molar-refractivity contribution in [1.29, 1.82) is 0 Å². The molecule has 2 nitrogen and oxygen atoms in total. The molecule has 1 aromatic carbocycles. The van der Waals surface area contributed by atoms with Gasteiger partial charge in [-0.3, -0.25) is 0 Å². The summed E-state index contributed by atoms with van der Waals surface area (Å²) in [5.41, 5.74) is 2.68. The lowest BCUT2D eigenvalue weighted by atomic mass is 10.1. The standard InChI is InChI=1S/C13H22N2/c1-11-7-5-6-8-13(11)15(4)10-9-12(2)14-3/h5-8,12,14H,9-10H2,1-4H3. The number of hydrogen-bond acceptors (Lipinski definition) is 2. The lowest BCUT2D eigenvalue weighted by molar-refractivity contribution is 0.564. The molecule has 0 aliphatic rings. The van der Waals surface area contributed by atoms with Crippen molar-refractivity contribution >= 4 is 5.69 Å². The van der Waals surface area contributed by atoms with E-state index in [0.717, 1.165) is 6.54 Å². The van der Waals surface area contributed by atoms with Crippen LogP contribution in [0.5, 0.6) is 0 Å². The first-order valence-corrected chi connectivity index (χ1v) is 5.59. The molecule has 0 aromatic heterocycles. The molecule has 2 heteroatoms. The third kappa shape index (κ3) is 3.56. The average Bonchev–Trinajstić information content (AvgIpc) is 2.26. The summed E-state index contributed by atoms with van der Waals surface area (Å²) in [6, 6.07) is 9.10. The molecule has 1 unspecified atom stereocenters. The number of rotatable bonds is 5. The van der Waals surface area contributed by atoms with Gasteiger partial charge < -0.3 is 10.2 Å². The third-order valence-corrected chi connectivity index (χ3v) is 2.92. The van der Waals surface area contributed by atoms with E-state index in [1.54, 1.807) is 0 Å². The number of hydrogen-bond donors (Lipinski definition) is 1. The van der Waals surface area contributed by atoms with Crippen LogP contribution in [0.3, 0.4) is 0 Å². The van der Waals surface area contributed by atoms with Gasteiger partial charge in [-0.2, -0.15) is 0 Å². The highest BCUT2D eigenvalue weighted by atomic mass is 15.1. The normalized spacial score (nSPS) is 12.5. The van der Waals surface area contributed by atoms with E-state index in [1.807, 2.05) is 7.05 Å². The molecule has 0 heterocycles. The zero-order valence-electron chi connectivity index (χ0n) is 10.2. The van der Waals surface area contributed by atoms with Gasteiger partial charge in [0.25, 0.3) is 0 Å². The van der Waals surface area contributed by atoms with Gasteiger partial charge in [0.2, 0.25) is 0 Å². The number of para-hydroxylation sites is 1. The van der Waals surface area contributed by atoms with Crippen LogP contribution in [0.25, 0.3) is 0 Å². The molecule has 1 atom stereocenters. The molecule has 0 amide bonds. The predicted molar refractivity (Wildman–Crippen MR) is 67.6 cm³/mol. The van der Waals surface area contributed by atoms with Gasteiger partial charge in [-0.1, -0.05) is 18.2 Å². The van der Waals surface area contributed by atoms with Crippen molar-refractivity contribution in [3.05, 3.63) is 29.8 Å². The molecule has 0 aliphatic carbocycles. The first-order valence-electron chi connectivity index (χ1n) is 5.59. The third-order valence-electron chi connectivity index (χ3n) is 2.92. The highest BCUT2D eigenvalue weighted by molar-refractivity contribution is 5.52. The lowest BCUT2D eigenvalue weighted by Crippen LogP contribution is -2.28. The Balaban J connectivity index is 2.54. The van der Waals surface area contributed by atoms with Gasteiger partial charge in [0.15, 0.2) is 0 Å². The fraction of sp³-hybridized carbons (Fsp3) is 0.538. The number of aryl methyl sites for hydroxylation is 1. The van der Waals surface area contributed by atoms with Crippen LogP contribution in [0.2, 0.25) is 0 Å². The molecule has 1 rings (SSSR count). The van der Waals surface area contributed by atoms with E-state index in [-0.39, 0.29) is 0 Å². The Labute approximate surface area is 93.3 Å². The Morgan fingerprint density at radius 1 is 1.33 bits per heavy atom. The smallest absolute Gasteiger partial charge is 0.0393 e. The van der Waals surface area contributed by atoms with Crippen LogP contribution in [0.4, 0.5) is 5.69 Å². The van der Waals surface area contributed by atoms with Crippen molar-refractivity contribution in [2.24, 2.45) is 0 Å². The second-order valence-electron chi connectivity index (χ2n) is 4.19. The van der Waals surface area contributed by atoms with E-state index >= 15 is 0 Å². The zero-order chi connectivity index (χ0) is 11.3. The quantitative estimate of drug-likeness (QED) is 0.796. The van der Waals surface area contributed by atoms with Gasteiger partial charge in [-0.05, 0) is 38.9 Å². The van der Waals surface area contributed by atoms with Crippen LogP contribution in [0.1, 0.15) is 18.9 Å². The molecular weight excluding hydrogens is 184 g/mol. The monoisotopic (exact) mass is 206 g/mol. The van der Waals surface area contributed by atoms with Gasteiger partial charge in [0, 0.05) is 25.3 Å². The molecule has 15 heavy (non-hydrogen) atoms. The Morgan fingerprint density at radius 3 is 2.60 bits per heavy atom. The van der Waals surface area contributed by atoms with Crippen molar-refractivity contribution < 1.29 is 0 Å². The minimum absolute atomic E-state index is 0.580. The van der Waals surface area contributed by atoms with Gasteiger partial charge in [-0.15, -0.1) is 0 Å². The molecule has 0 fully saturated rings. The molecule has 0 bridgehead atoms. The van der Waals surface area contributed by atoms with E-state index in [2.05, 4.69) is 55.4 Å². The summed E-state index contributed by atoms with van der Waals surface area (Å²) in [5.74, 6) is 0. The van der Waals surface area contributed by atoms with Crippen LogP contribution in [0, 0.1) is 6.92 Å². The molecule has 0 saturated heterocycles. The summed E-state index contributed by atoms with van der Waals surface area (Å²) in [7, 11) is 4.17. The summed E-state index contributed by atoms with van der Waals surface area (Å²) >= 11 is 0. The van der Waals surface area contributed by atoms with Crippen molar-refractivity contribution in [2.45, 2.75) is 26.3 Å². The van der Waals surface area contributed by atoms with Crippen molar-refractivity contribution in [3.8, 4) is 0 Å². The molecule has 0 aliphatic heterocycles. The topological polar surface area (TPSA) is 15.3 Å². The van der Waals surface area contributed by atoms with E-state index in [9.17, 15) is 0 Å². The Kier molecular flexibility index (Phi) is 4.63. The van der Waals surface area contributed by atoms with Crippen LogP contribution in [-0.4, -0.2) is 26.7 Å². The minimum atomic E-state index is 0.580. The predicted octanol–water partition coefficient (Wildman–Crippen LogP) is 2.43. The van der Waals surface area contributed by atoms with Crippen LogP contribution in [0.15, 0.2) is 24.3 Å². The van der Waals surface area contributed by atoms with Crippen LogP contribution in [-0.2, 0) is 0 Å². The first-order chi connectivity index (χ1) is 7.15. The van der Waals surface area contributed by atoms with Crippen molar-refractivity contribution in [2.75, 3.05) is 25.5 Å². The maximum absolute atomic E-state index is 3.26. The van der Waals surface area contributed by atoms with Crippen LogP contribution >= 0.6 is 0 Å². The van der Waals surface area contributed by atoms with E-state index in [0.29, 0.717) is 6.04 Å². The van der Waals surface area contributed by atoms with E-state index < -0.39 is 0 Å². The maximum atomic E-state index is 3.26. The van der Waals surface area contributed by atoms with Gasteiger partial charge in [-0.25, -0.2) is 0 Å². The molecule has 84 valence electrons. The molecular formula is C13H22N2. The van der Waals surface area contributed by atoms with Gasteiger partial charge in [0.05, 0.1) is 0 Å². The molecule has 1 N–H and O–H groups in total. The largest absolute Gasteiger partial charge is 0.374 e. The number of anilines is 1. The minimum Gasteiger partial charge on any atom is -0.374 e. The SMILES string of the molecule is CNC(C)CCN(C)c1ccccc1C. The Bertz CT molecular complexity index is 296. The second kappa shape index (κ2) is 5.76.